The first-order valence-corrected chi connectivity index (χ1v) is 24.6. The number of imidazole rings is 1. The molecule has 0 atom stereocenters. The zero-order chi connectivity index (χ0) is 49.2. The van der Waals surface area contributed by atoms with Crippen molar-refractivity contribution in [3.63, 3.8) is 0 Å². The van der Waals surface area contributed by atoms with E-state index >= 15 is 0 Å². The van der Waals surface area contributed by atoms with E-state index in [1.807, 2.05) is 6.20 Å². The van der Waals surface area contributed by atoms with E-state index < -0.39 is 0 Å². The van der Waals surface area contributed by atoms with Crippen LogP contribution in [-0.2, 0) is 42.7 Å². The number of benzene rings is 6. The minimum Gasteiger partial charge on any atom is -0.507 e. The summed E-state index contributed by atoms with van der Waals surface area (Å²) in [6.07, 6.45) is 1.91. The largest absolute Gasteiger partial charge is 0.507 e. The molecule has 1 N–H and O–H groups in total. The summed E-state index contributed by atoms with van der Waals surface area (Å²) in [4.78, 5) is 10.6. The Balaban J connectivity index is 0.00000703. The number of hydrogen-bond donors (Lipinski definition) is 1. The number of fused-ring (bicyclic) bond motifs is 1. The standard InChI is InChI=1S/C64H72N3O.Pt/c1-39(2)43-35-52(40(3)4)59(68)53(36-43)60-66-58-49(21-19-23-57(58)67(60)48-28-29-51(55(38-48)64(14,15)16)50-20-17-18-22-54(50)63(11,12)13)44-32-45(34-47(33-44)62(8,9)10)56-37-42(30-31-65-56)41-24-26-46(27-25-41)61(5,6)7;/h17-31,33-40,68H,1-16H3;/q-1;. The Morgan fingerprint density at radius 3 is 1.77 bits per heavy atom. The topological polar surface area (TPSA) is 50.9 Å². The molecule has 0 aliphatic rings. The molecule has 8 aromatic rings. The van der Waals surface area contributed by atoms with Crippen LogP contribution in [0, 0.1) is 6.07 Å². The van der Waals surface area contributed by atoms with Crippen LogP contribution in [0.4, 0.5) is 0 Å². The minimum absolute atomic E-state index is 0. The Kier molecular flexibility index (Phi) is 14.1. The van der Waals surface area contributed by atoms with Crippen LogP contribution in [0.1, 0.15) is 156 Å². The van der Waals surface area contributed by atoms with Gasteiger partial charge in [-0.15, -0.1) is 29.3 Å². The van der Waals surface area contributed by atoms with Crippen LogP contribution < -0.4 is 0 Å². The first kappa shape index (κ1) is 51.3. The van der Waals surface area contributed by atoms with Crippen molar-refractivity contribution in [1.29, 1.82) is 0 Å². The van der Waals surface area contributed by atoms with E-state index in [1.54, 1.807) is 0 Å². The molecule has 69 heavy (non-hydrogen) atoms. The Hall–Kier alpha value is -5.57. The number of nitrogens with zero attached hydrogens (tertiary/aromatic N) is 3. The number of pyridine rings is 1. The maximum atomic E-state index is 12.4. The van der Waals surface area contributed by atoms with Gasteiger partial charge in [0.25, 0.3) is 0 Å². The van der Waals surface area contributed by atoms with E-state index in [-0.39, 0.29) is 60.3 Å². The fraction of sp³-hybridized carbons (Fsp3) is 0.344. The molecule has 0 amide bonds. The van der Waals surface area contributed by atoms with Gasteiger partial charge in [0.15, 0.2) is 0 Å². The van der Waals surface area contributed by atoms with Crippen LogP contribution >= 0.6 is 0 Å². The van der Waals surface area contributed by atoms with Crippen molar-refractivity contribution in [3.05, 3.63) is 167 Å². The SMILES string of the molecule is CC(C)c1cc(-c2nc3c(-c4[c-]c(-c5cc(-c6ccc(C(C)(C)C)cc6)ccn5)cc(C(C)(C)C)c4)cccc3n2-c2ccc(-c3ccccc3C(C)(C)C)c(C(C)(C)C)c2)c(O)c(C(C)C)c1.[Pt]. The predicted molar refractivity (Wildman–Crippen MR) is 290 cm³/mol. The molecule has 0 fully saturated rings. The summed E-state index contributed by atoms with van der Waals surface area (Å²) in [5, 5.41) is 12.4. The summed E-state index contributed by atoms with van der Waals surface area (Å²) in [5.41, 5.74) is 18.8. The quantitative estimate of drug-likeness (QED) is 0.154. The van der Waals surface area contributed by atoms with Gasteiger partial charge in [-0.2, -0.15) is 0 Å². The number of hydrogen-bond acceptors (Lipinski definition) is 3. The number of rotatable bonds is 8. The molecule has 2 heterocycles. The van der Waals surface area contributed by atoms with Gasteiger partial charge in [-0.3, -0.25) is 9.55 Å². The van der Waals surface area contributed by atoms with E-state index in [0.29, 0.717) is 5.82 Å². The summed E-state index contributed by atoms with van der Waals surface area (Å²) in [6, 6.07) is 48.1. The molecule has 0 saturated carbocycles. The Bertz CT molecular complexity index is 3160. The second-order valence-corrected chi connectivity index (χ2v) is 23.7. The van der Waals surface area contributed by atoms with Crippen molar-refractivity contribution in [1.82, 2.24) is 14.5 Å². The molecule has 0 unspecified atom stereocenters. The number of phenols is 1. The Morgan fingerprint density at radius 1 is 0.522 bits per heavy atom. The molecule has 2 aromatic heterocycles. The van der Waals surface area contributed by atoms with Gasteiger partial charge in [0, 0.05) is 38.6 Å². The molecule has 4 nitrogen and oxygen atoms in total. The van der Waals surface area contributed by atoms with Crippen molar-refractivity contribution in [2.45, 2.75) is 144 Å². The first-order valence-electron chi connectivity index (χ1n) is 24.6. The van der Waals surface area contributed by atoms with E-state index in [1.165, 1.54) is 38.9 Å². The summed E-state index contributed by atoms with van der Waals surface area (Å²) >= 11 is 0. The maximum Gasteiger partial charge on any atom is 0.148 e. The number of aromatic hydroxyl groups is 1. The van der Waals surface area contributed by atoms with Crippen molar-refractivity contribution >= 4 is 11.0 Å². The monoisotopic (exact) mass is 1090 g/mol. The molecule has 6 aromatic carbocycles. The molecule has 0 radical (unpaired) electrons. The normalized spacial score (nSPS) is 12.6. The molecule has 0 bridgehead atoms. The van der Waals surface area contributed by atoms with Gasteiger partial charge in [-0.05, 0) is 114 Å². The van der Waals surface area contributed by atoms with Gasteiger partial charge in [0.1, 0.15) is 11.6 Å². The maximum absolute atomic E-state index is 12.4. The first-order chi connectivity index (χ1) is 31.8. The van der Waals surface area contributed by atoms with Crippen LogP contribution in [0.15, 0.2) is 128 Å². The molecule has 0 aliphatic carbocycles. The molecule has 5 heteroatoms. The van der Waals surface area contributed by atoms with Crippen LogP contribution in [0.5, 0.6) is 5.75 Å². The third kappa shape index (κ3) is 10.3. The molecule has 8 rings (SSSR count). The van der Waals surface area contributed by atoms with E-state index in [0.717, 1.165) is 61.4 Å². The summed E-state index contributed by atoms with van der Waals surface area (Å²) in [6.45, 7) is 36.0. The van der Waals surface area contributed by atoms with Crippen molar-refractivity contribution in [2.24, 2.45) is 0 Å². The fourth-order valence-electron chi connectivity index (χ4n) is 9.49. The van der Waals surface area contributed by atoms with Gasteiger partial charge in [0.05, 0.1) is 16.6 Å². The van der Waals surface area contributed by atoms with Crippen LogP contribution in [0.25, 0.3) is 72.7 Å². The minimum atomic E-state index is -0.192. The zero-order valence-electron chi connectivity index (χ0n) is 43.9. The molecule has 0 saturated heterocycles. The number of para-hydroxylation sites is 1. The zero-order valence-corrected chi connectivity index (χ0v) is 46.2. The second-order valence-electron chi connectivity index (χ2n) is 23.7. The van der Waals surface area contributed by atoms with Gasteiger partial charge < -0.3 is 5.11 Å². The van der Waals surface area contributed by atoms with Crippen LogP contribution in [0.3, 0.4) is 0 Å². The van der Waals surface area contributed by atoms with Gasteiger partial charge in [0.2, 0.25) is 0 Å². The average Bonchev–Trinajstić information content (AvgIpc) is 3.67. The number of phenolic OH excluding ortho intramolecular Hbond substituents is 1. The summed E-state index contributed by atoms with van der Waals surface area (Å²) < 4.78 is 2.28. The second kappa shape index (κ2) is 19.0. The predicted octanol–water partition coefficient (Wildman–Crippen LogP) is 17.7. The third-order valence-corrected chi connectivity index (χ3v) is 13.6. The van der Waals surface area contributed by atoms with Crippen LogP contribution in [0.2, 0.25) is 0 Å². The van der Waals surface area contributed by atoms with Crippen molar-refractivity contribution < 1.29 is 26.2 Å². The molecule has 0 aliphatic heterocycles. The summed E-state index contributed by atoms with van der Waals surface area (Å²) in [5.74, 6) is 1.34. The van der Waals surface area contributed by atoms with E-state index in [9.17, 15) is 5.11 Å². The fourth-order valence-corrected chi connectivity index (χ4v) is 9.49. The number of aromatic nitrogens is 3. The molecule has 360 valence electrons. The summed E-state index contributed by atoms with van der Waals surface area (Å²) in [7, 11) is 0. The Morgan fingerprint density at radius 2 is 1.14 bits per heavy atom. The van der Waals surface area contributed by atoms with Crippen molar-refractivity contribution in [2.75, 3.05) is 0 Å². The van der Waals surface area contributed by atoms with E-state index in [4.69, 9.17) is 9.97 Å². The van der Waals surface area contributed by atoms with Crippen LogP contribution in [-0.4, -0.2) is 19.6 Å². The smallest absolute Gasteiger partial charge is 0.148 e. The van der Waals surface area contributed by atoms with Crippen molar-refractivity contribution in [3.8, 4) is 67.5 Å². The third-order valence-electron chi connectivity index (χ3n) is 13.6. The average molecular weight is 1090 g/mol. The van der Waals surface area contributed by atoms with E-state index in [2.05, 4.69) is 243 Å². The molecular weight excluding hydrogens is 1020 g/mol. The van der Waals surface area contributed by atoms with Gasteiger partial charge in [-0.25, -0.2) is 4.98 Å². The molecule has 0 spiro atoms. The molecular formula is C64H72N3OPt-. The van der Waals surface area contributed by atoms with Gasteiger partial charge >= 0.3 is 0 Å². The Labute approximate surface area is 428 Å². The van der Waals surface area contributed by atoms with Gasteiger partial charge in [-0.1, -0.05) is 201 Å².